The van der Waals surface area contributed by atoms with Crippen LogP contribution in [0.5, 0.6) is 11.5 Å². The molecule has 0 saturated heterocycles. The molecule has 31 heavy (non-hydrogen) atoms. The lowest BCUT2D eigenvalue weighted by atomic mass is 10.1. The predicted octanol–water partition coefficient (Wildman–Crippen LogP) is 2.59. The number of hydrogen-bond acceptors (Lipinski definition) is 6. The number of anilines is 1. The first-order valence-corrected chi connectivity index (χ1v) is 9.54. The molecule has 9 heteroatoms. The molecule has 1 N–H and O–H groups in total. The number of carbonyl (C=O) groups is 1. The molecule has 2 aromatic carbocycles. The zero-order chi connectivity index (χ0) is 22.0. The summed E-state index contributed by atoms with van der Waals surface area (Å²) in [4.78, 5) is 35.9. The van der Waals surface area contributed by atoms with Crippen LogP contribution in [0.1, 0.15) is 21.9 Å². The Balaban J connectivity index is 1.77. The van der Waals surface area contributed by atoms with Crippen molar-refractivity contribution in [2.75, 3.05) is 19.1 Å². The smallest absolute Gasteiger partial charge is 0.274 e. The number of carbonyl (C=O) groups excluding carboxylic acids is 1. The monoisotopic (exact) mass is 419 g/mol. The third-order valence-electron chi connectivity index (χ3n) is 4.77. The van der Waals surface area contributed by atoms with Gasteiger partial charge >= 0.3 is 0 Å². The van der Waals surface area contributed by atoms with Crippen LogP contribution in [0.3, 0.4) is 0 Å². The molecule has 0 aliphatic heterocycles. The van der Waals surface area contributed by atoms with Gasteiger partial charge < -0.3 is 9.47 Å². The van der Waals surface area contributed by atoms with Gasteiger partial charge in [0.15, 0.2) is 0 Å². The van der Waals surface area contributed by atoms with E-state index >= 15 is 0 Å². The SMILES string of the molecule is COc1ccc(C(=O)N(Cc2nc3nc(C)cc(=O)n3[nH]2)c2ccccc2OC)cc1. The Bertz CT molecular complexity index is 1290. The molecular formula is C22H21N5O4. The second-order valence-electron chi connectivity index (χ2n) is 6.83. The van der Waals surface area contributed by atoms with Gasteiger partial charge in [-0.25, -0.2) is 4.98 Å². The third kappa shape index (κ3) is 3.97. The van der Waals surface area contributed by atoms with E-state index in [1.165, 1.54) is 15.5 Å². The van der Waals surface area contributed by atoms with Crippen molar-refractivity contribution < 1.29 is 14.3 Å². The molecule has 158 valence electrons. The molecule has 0 unspecified atom stereocenters. The molecule has 2 aromatic heterocycles. The van der Waals surface area contributed by atoms with E-state index in [0.717, 1.165) is 0 Å². The van der Waals surface area contributed by atoms with E-state index in [1.807, 2.05) is 12.1 Å². The maximum absolute atomic E-state index is 13.5. The standard InChI is InChI=1S/C22H21N5O4/c1-14-12-20(28)27-22(23-14)24-19(25-27)13-26(17-6-4-5-7-18(17)31-3)21(29)15-8-10-16(30-2)11-9-15/h4-12H,13H2,1-3H3,(H,23,24,25). The van der Waals surface area contributed by atoms with Gasteiger partial charge in [-0.15, -0.1) is 0 Å². The molecule has 0 aliphatic rings. The number of para-hydroxylation sites is 2. The van der Waals surface area contributed by atoms with E-state index in [0.29, 0.717) is 34.3 Å². The van der Waals surface area contributed by atoms with Crippen LogP contribution in [0.25, 0.3) is 5.78 Å². The van der Waals surface area contributed by atoms with Gasteiger partial charge in [0.05, 0.1) is 26.5 Å². The normalized spacial score (nSPS) is 10.8. The molecular weight excluding hydrogens is 398 g/mol. The maximum atomic E-state index is 13.5. The molecule has 0 fully saturated rings. The first-order valence-electron chi connectivity index (χ1n) is 9.54. The average Bonchev–Trinajstić information content (AvgIpc) is 3.20. The Hall–Kier alpha value is -4.14. The van der Waals surface area contributed by atoms with Gasteiger partial charge in [0.2, 0.25) is 0 Å². The summed E-state index contributed by atoms with van der Waals surface area (Å²) in [5.41, 5.74) is 1.34. The van der Waals surface area contributed by atoms with Gasteiger partial charge in [-0.2, -0.15) is 9.50 Å². The van der Waals surface area contributed by atoms with Crippen LogP contribution in [0, 0.1) is 6.92 Å². The van der Waals surface area contributed by atoms with E-state index in [4.69, 9.17) is 9.47 Å². The molecule has 0 atom stereocenters. The lowest BCUT2D eigenvalue weighted by Crippen LogP contribution is -2.31. The van der Waals surface area contributed by atoms with Gasteiger partial charge in [0, 0.05) is 17.3 Å². The van der Waals surface area contributed by atoms with Gasteiger partial charge in [-0.1, -0.05) is 12.1 Å². The van der Waals surface area contributed by atoms with Crippen LogP contribution in [0.15, 0.2) is 59.4 Å². The number of aromatic amines is 1. The first-order chi connectivity index (χ1) is 15.0. The van der Waals surface area contributed by atoms with Crippen LogP contribution < -0.4 is 19.9 Å². The van der Waals surface area contributed by atoms with Crippen molar-refractivity contribution in [1.82, 2.24) is 19.6 Å². The van der Waals surface area contributed by atoms with Crippen LogP contribution in [-0.2, 0) is 6.54 Å². The van der Waals surface area contributed by atoms with Gasteiger partial charge in [0.1, 0.15) is 17.3 Å². The summed E-state index contributed by atoms with van der Waals surface area (Å²) in [7, 11) is 3.11. The van der Waals surface area contributed by atoms with Crippen molar-refractivity contribution in [2.24, 2.45) is 0 Å². The lowest BCUT2D eigenvalue weighted by molar-refractivity contribution is 0.0983. The zero-order valence-corrected chi connectivity index (χ0v) is 17.3. The quantitative estimate of drug-likeness (QED) is 0.515. The van der Waals surface area contributed by atoms with Crippen LogP contribution >= 0.6 is 0 Å². The van der Waals surface area contributed by atoms with Crippen LogP contribution in [-0.4, -0.2) is 39.7 Å². The van der Waals surface area contributed by atoms with Crippen molar-refractivity contribution in [3.8, 4) is 11.5 Å². The number of amides is 1. The lowest BCUT2D eigenvalue weighted by Gasteiger charge is -2.24. The van der Waals surface area contributed by atoms with Crippen molar-refractivity contribution in [3.63, 3.8) is 0 Å². The fourth-order valence-electron chi connectivity index (χ4n) is 3.27. The number of fused-ring (bicyclic) bond motifs is 1. The molecule has 4 aromatic rings. The van der Waals surface area contributed by atoms with Crippen molar-refractivity contribution >= 4 is 17.4 Å². The summed E-state index contributed by atoms with van der Waals surface area (Å²) in [6, 6.07) is 15.5. The highest BCUT2D eigenvalue weighted by molar-refractivity contribution is 6.06. The van der Waals surface area contributed by atoms with Gasteiger partial charge in [-0.05, 0) is 43.3 Å². The molecule has 0 radical (unpaired) electrons. The highest BCUT2D eigenvalue weighted by atomic mass is 16.5. The summed E-state index contributed by atoms with van der Waals surface area (Å²) in [6.45, 7) is 1.80. The molecule has 9 nitrogen and oxygen atoms in total. The van der Waals surface area contributed by atoms with Gasteiger partial charge in [0.25, 0.3) is 17.2 Å². The Kier molecular flexibility index (Phi) is 5.40. The number of methoxy groups -OCH3 is 2. The number of aromatic nitrogens is 4. The average molecular weight is 419 g/mol. The topological polar surface area (TPSA) is 102 Å². The van der Waals surface area contributed by atoms with Crippen molar-refractivity contribution in [1.29, 1.82) is 0 Å². The summed E-state index contributed by atoms with van der Waals surface area (Å²) < 4.78 is 11.9. The number of ether oxygens (including phenoxy) is 2. The second-order valence-corrected chi connectivity index (χ2v) is 6.83. The number of H-pyrrole nitrogens is 1. The fourth-order valence-corrected chi connectivity index (χ4v) is 3.27. The molecule has 0 spiro atoms. The minimum absolute atomic E-state index is 0.0765. The number of rotatable bonds is 6. The summed E-state index contributed by atoms with van der Waals surface area (Å²) in [5, 5.41) is 2.93. The summed E-state index contributed by atoms with van der Waals surface area (Å²) in [6.07, 6.45) is 0. The highest BCUT2D eigenvalue weighted by Crippen LogP contribution is 2.30. The van der Waals surface area contributed by atoms with Crippen molar-refractivity contribution in [2.45, 2.75) is 13.5 Å². The fraction of sp³-hybridized carbons (Fsp3) is 0.182. The number of nitrogens with one attached hydrogen (secondary N) is 1. The number of aryl methyl sites for hydroxylation is 1. The zero-order valence-electron chi connectivity index (χ0n) is 17.3. The van der Waals surface area contributed by atoms with Crippen LogP contribution in [0.4, 0.5) is 5.69 Å². The predicted molar refractivity (Wildman–Crippen MR) is 115 cm³/mol. The number of benzene rings is 2. The van der Waals surface area contributed by atoms with E-state index < -0.39 is 0 Å². The van der Waals surface area contributed by atoms with Crippen LogP contribution in [0.2, 0.25) is 0 Å². The molecule has 4 rings (SSSR count). The molecule has 1 amide bonds. The number of nitrogens with zero attached hydrogens (tertiary/aromatic N) is 4. The maximum Gasteiger partial charge on any atom is 0.274 e. The van der Waals surface area contributed by atoms with E-state index in [1.54, 1.807) is 57.5 Å². The largest absolute Gasteiger partial charge is 0.497 e. The Morgan fingerprint density at radius 1 is 1.06 bits per heavy atom. The summed E-state index contributed by atoms with van der Waals surface area (Å²) >= 11 is 0. The minimum atomic E-state index is -0.272. The molecule has 2 heterocycles. The Morgan fingerprint density at radius 2 is 1.81 bits per heavy atom. The van der Waals surface area contributed by atoms with Gasteiger partial charge in [-0.3, -0.25) is 19.6 Å². The number of hydrogen-bond donors (Lipinski definition) is 1. The molecule has 0 aliphatic carbocycles. The van der Waals surface area contributed by atoms with E-state index in [2.05, 4.69) is 15.1 Å². The van der Waals surface area contributed by atoms with Crippen molar-refractivity contribution in [3.05, 3.63) is 82.0 Å². The summed E-state index contributed by atoms with van der Waals surface area (Å²) in [5.74, 6) is 1.58. The van der Waals surface area contributed by atoms with E-state index in [-0.39, 0.29) is 23.8 Å². The Morgan fingerprint density at radius 3 is 2.52 bits per heavy atom. The molecule has 0 bridgehead atoms. The second kappa shape index (κ2) is 8.31. The third-order valence-corrected chi connectivity index (χ3v) is 4.77. The Labute approximate surface area is 177 Å². The highest BCUT2D eigenvalue weighted by Gasteiger charge is 2.23. The minimum Gasteiger partial charge on any atom is -0.497 e. The first kappa shape index (κ1) is 20.1. The van der Waals surface area contributed by atoms with E-state index in [9.17, 15) is 9.59 Å². The molecule has 0 saturated carbocycles.